The number of rotatable bonds is 3. The zero-order valence-electron chi connectivity index (χ0n) is 20.1. The molecule has 0 saturated carbocycles. The smallest absolute Gasteiger partial charge is 0.251 e. The molecule has 0 radical (unpaired) electrons. The van der Waals surface area contributed by atoms with Crippen LogP contribution in [0.5, 0.6) is 11.5 Å². The number of carbonyl (C=O) groups is 2. The van der Waals surface area contributed by atoms with Crippen LogP contribution >= 0.6 is 0 Å². The van der Waals surface area contributed by atoms with E-state index in [1.165, 1.54) is 0 Å². The van der Waals surface area contributed by atoms with E-state index in [1.807, 2.05) is 36.5 Å². The third-order valence-electron chi connectivity index (χ3n) is 6.40. The normalized spacial score (nSPS) is 20.2. The van der Waals surface area contributed by atoms with E-state index in [2.05, 4.69) is 15.6 Å². The predicted molar refractivity (Wildman–Crippen MR) is 130 cm³/mol. The van der Waals surface area contributed by atoms with Crippen molar-refractivity contribution in [3.63, 3.8) is 0 Å². The summed E-state index contributed by atoms with van der Waals surface area (Å²) in [6.45, 7) is 2.08. The van der Waals surface area contributed by atoms with Crippen LogP contribution in [0.2, 0.25) is 0 Å². The highest BCUT2D eigenvalue weighted by atomic mass is 16.5. The molecule has 4 bridgehead atoms. The highest BCUT2D eigenvalue weighted by Crippen LogP contribution is 2.22. The number of hydrogen-bond acceptors (Lipinski definition) is 7. The fraction of sp³-hybridized carbons (Fsp3) is 0.385. The van der Waals surface area contributed by atoms with Crippen LogP contribution in [-0.4, -0.2) is 70.7 Å². The fourth-order valence-corrected chi connectivity index (χ4v) is 4.51. The number of amides is 2. The van der Waals surface area contributed by atoms with Crippen molar-refractivity contribution in [2.45, 2.75) is 38.1 Å². The average Bonchev–Trinajstić information content (AvgIpc) is 3.52. The zero-order valence-corrected chi connectivity index (χ0v) is 20.1. The fourth-order valence-electron chi connectivity index (χ4n) is 4.51. The van der Waals surface area contributed by atoms with Crippen LogP contribution in [-0.2, 0) is 29.1 Å². The van der Waals surface area contributed by atoms with E-state index in [0.29, 0.717) is 49.0 Å². The number of ether oxygens (including phenoxy) is 3. The second kappa shape index (κ2) is 10.8. The summed E-state index contributed by atoms with van der Waals surface area (Å²) < 4.78 is 19.2. The van der Waals surface area contributed by atoms with Crippen molar-refractivity contribution in [3.8, 4) is 11.5 Å². The molecule has 188 valence electrons. The molecule has 2 atom stereocenters. The number of nitrogens with zero attached hydrogens (tertiary/aromatic N) is 4. The zero-order chi connectivity index (χ0) is 24.9. The summed E-state index contributed by atoms with van der Waals surface area (Å²) in [7, 11) is 1.59. The van der Waals surface area contributed by atoms with Crippen molar-refractivity contribution in [1.82, 2.24) is 25.2 Å². The molecule has 0 unspecified atom stereocenters. The Labute approximate surface area is 209 Å². The van der Waals surface area contributed by atoms with Gasteiger partial charge >= 0.3 is 0 Å². The molecule has 1 aromatic heterocycles. The van der Waals surface area contributed by atoms with Crippen LogP contribution < -0.4 is 14.8 Å². The molecule has 1 saturated heterocycles. The lowest BCUT2D eigenvalue weighted by atomic mass is 10.1. The summed E-state index contributed by atoms with van der Waals surface area (Å²) in [5, 5.41) is 11.4. The van der Waals surface area contributed by atoms with Gasteiger partial charge in [-0.3, -0.25) is 14.3 Å². The number of fused-ring (bicyclic) bond motifs is 5. The Morgan fingerprint density at radius 1 is 1.19 bits per heavy atom. The minimum absolute atomic E-state index is 0.0583. The number of aryl methyl sites for hydroxylation is 1. The monoisotopic (exact) mass is 491 g/mol. The van der Waals surface area contributed by atoms with E-state index in [0.717, 1.165) is 12.0 Å². The lowest BCUT2D eigenvalue weighted by Crippen LogP contribution is -2.44. The van der Waals surface area contributed by atoms with Gasteiger partial charge < -0.3 is 24.4 Å². The maximum atomic E-state index is 13.2. The standard InChI is InChI=1S/C26H29N5O5/c1-34-23-9-3-2-6-18(23)13-25(32)30-15-22-24(16-30)36-17-20-14-31(29-28-20)10-5-11-35-21-8-4-7-19(12-21)26(33)27-22/h2-4,6-9,12,14,22,24H,5,10-11,13,15-17H2,1H3,(H,27,33)/t22-,24-/m0/s1. The van der Waals surface area contributed by atoms with Gasteiger partial charge in [0.25, 0.3) is 5.91 Å². The van der Waals surface area contributed by atoms with Crippen LogP contribution in [0.1, 0.15) is 28.0 Å². The molecule has 1 fully saturated rings. The number of hydrogen-bond donors (Lipinski definition) is 1. The van der Waals surface area contributed by atoms with E-state index in [1.54, 1.807) is 34.9 Å². The molecule has 1 N–H and O–H groups in total. The Bertz CT molecular complexity index is 1230. The predicted octanol–water partition coefficient (Wildman–Crippen LogP) is 1.84. The Morgan fingerprint density at radius 2 is 2.08 bits per heavy atom. The Hall–Kier alpha value is -3.92. The Balaban J connectivity index is 1.35. The third kappa shape index (κ3) is 5.49. The second-order valence-corrected chi connectivity index (χ2v) is 8.92. The van der Waals surface area contributed by atoms with Crippen molar-refractivity contribution in [1.29, 1.82) is 0 Å². The molecular formula is C26H29N5O5. The first kappa shape index (κ1) is 23.8. The van der Waals surface area contributed by atoms with Crippen molar-refractivity contribution in [3.05, 3.63) is 71.5 Å². The van der Waals surface area contributed by atoms with Gasteiger partial charge in [0.2, 0.25) is 5.91 Å². The lowest BCUT2D eigenvalue weighted by molar-refractivity contribution is -0.130. The molecule has 3 heterocycles. The number of methoxy groups -OCH3 is 1. The highest BCUT2D eigenvalue weighted by Gasteiger charge is 2.37. The van der Waals surface area contributed by atoms with Crippen molar-refractivity contribution >= 4 is 11.8 Å². The molecule has 10 heteroatoms. The number of carbonyl (C=O) groups excluding carboxylic acids is 2. The molecule has 2 amide bonds. The summed E-state index contributed by atoms with van der Waals surface area (Å²) in [5.74, 6) is 1.00. The third-order valence-corrected chi connectivity index (χ3v) is 6.40. The topological polar surface area (TPSA) is 108 Å². The minimum atomic E-state index is -0.395. The maximum absolute atomic E-state index is 13.2. The van der Waals surface area contributed by atoms with Crippen LogP contribution in [0.15, 0.2) is 54.7 Å². The number of nitrogens with one attached hydrogen (secondary N) is 1. The van der Waals surface area contributed by atoms with Crippen LogP contribution in [0, 0.1) is 0 Å². The van der Waals surface area contributed by atoms with Gasteiger partial charge in [-0.05, 0) is 24.3 Å². The first-order valence-corrected chi connectivity index (χ1v) is 12.0. The van der Waals surface area contributed by atoms with Crippen molar-refractivity contribution < 1.29 is 23.8 Å². The summed E-state index contributed by atoms with van der Waals surface area (Å²) in [4.78, 5) is 28.0. The molecule has 0 spiro atoms. The molecule has 2 aromatic carbocycles. The van der Waals surface area contributed by atoms with E-state index >= 15 is 0 Å². The van der Waals surface area contributed by atoms with Crippen LogP contribution in [0.3, 0.4) is 0 Å². The number of para-hydroxylation sites is 1. The first-order chi connectivity index (χ1) is 17.6. The molecule has 0 aliphatic carbocycles. The van der Waals surface area contributed by atoms with Gasteiger partial charge in [-0.25, -0.2) is 0 Å². The molecular weight excluding hydrogens is 462 g/mol. The SMILES string of the molecule is COc1ccccc1CC(=O)N1C[C@@H]2NC(=O)c3cccc(c3)OCCCn3cc(nn3)CO[C@H]2C1. The van der Waals surface area contributed by atoms with Gasteiger partial charge in [-0.1, -0.05) is 29.5 Å². The summed E-state index contributed by atoms with van der Waals surface area (Å²) >= 11 is 0. The van der Waals surface area contributed by atoms with E-state index in [4.69, 9.17) is 14.2 Å². The van der Waals surface area contributed by atoms with E-state index < -0.39 is 6.10 Å². The number of likely N-dealkylation sites (tertiary alicyclic amines) is 1. The van der Waals surface area contributed by atoms with Gasteiger partial charge in [0.15, 0.2) is 0 Å². The summed E-state index contributed by atoms with van der Waals surface area (Å²) in [6.07, 6.45) is 2.40. The summed E-state index contributed by atoms with van der Waals surface area (Å²) in [6, 6.07) is 14.2. The van der Waals surface area contributed by atoms with E-state index in [9.17, 15) is 9.59 Å². The van der Waals surface area contributed by atoms with Gasteiger partial charge in [0, 0.05) is 37.2 Å². The lowest BCUT2D eigenvalue weighted by Gasteiger charge is -2.20. The molecule has 2 aliphatic rings. The quantitative estimate of drug-likeness (QED) is 0.596. The van der Waals surface area contributed by atoms with E-state index in [-0.39, 0.29) is 30.9 Å². The van der Waals surface area contributed by atoms with Crippen LogP contribution in [0.4, 0.5) is 0 Å². The van der Waals surface area contributed by atoms with Gasteiger partial charge in [0.05, 0.1) is 45.1 Å². The largest absolute Gasteiger partial charge is 0.496 e. The maximum Gasteiger partial charge on any atom is 0.251 e. The molecule has 36 heavy (non-hydrogen) atoms. The van der Waals surface area contributed by atoms with Gasteiger partial charge in [0.1, 0.15) is 17.2 Å². The second-order valence-electron chi connectivity index (χ2n) is 8.92. The minimum Gasteiger partial charge on any atom is -0.496 e. The van der Waals surface area contributed by atoms with Crippen LogP contribution in [0.25, 0.3) is 0 Å². The summed E-state index contributed by atoms with van der Waals surface area (Å²) in [5.41, 5.74) is 2.00. The Morgan fingerprint density at radius 3 is 2.97 bits per heavy atom. The molecule has 5 rings (SSSR count). The molecule has 10 nitrogen and oxygen atoms in total. The molecule has 2 aliphatic heterocycles. The molecule has 3 aromatic rings. The average molecular weight is 492 g/mol. The first-order valence-electron chi connectivity index (χ1n) is 12.0. The number of benzene rings is 2. The Kier molecular flexibility index (Phi) is 7.13. The number of aromatic nitrogens is 3. The van der Waals surface area contributed by atoms with Gasteiger partial charge in [-0.2, -0.15) is 0 Å². The van der Waals surface area contributed by atoms with Gasteiger partial charge in [-0.15, -0.1) is 5.10 Å². The van der Waals surface area contributed by atoms with Crippen molar-refractivity contribution in [2.75, 3.05) is 26.8 Å². The van der Waals surface area contributed by atoms with Crippen molar-refractivity contribution in [2.24, 2.45) is 0 Å². The highest BCUT2D eigenvalue weighted by molar-refractivity contribution is 5.95.